The van der Waals surface area contributed by atoms with E-state index < -0.39 is 18.0 Å². The van der Waals surface area contributed by atoms with E-state index in [9.17, 15) is 14.4 Å². The molecular formula is C19H17Cl3N4O3. The number of halogens is 3. The largest absolute Gasteiger partial charge is 0.368 e. The van der Waals surface area contributed by atoms with E-state index in [1.165, 1.54) is 21.9 Å². The fourth-order valence-corrected chi connectivity index (χ4v) is 3.51. The summed E-state index contributed by atoms with van der Waals surface area (Å²) in [4.78, 5) is 40.2. The monoisotopic (exact) mass is 454 g/mol. The van der Waals surface area contributed by atoms with Crippen molar-refractivity contribution < 1.29 is 14.4 Å². The Morgan fingerprint density at radius 2 is 1.76 bits per heavy atom. The number of nitrogens with zero attached hydrogens (tertiary/aromatic N) is 2. The molecule has 1 fully saturated rings. The highest BCUT2D eigenvalue weighted by atomic mass is 35.5. The minimum absolute atomic E-state index is 0.0329. The van der Waals surface area contributed by atoms with Gasteiger partial charge in [0, 0.05) is 29.4 Å². The van der Waals surface area contributed by atoms with Crippen molar-refractivity contribution >= 4 is 58.3 Å². The molecule has 0 bridgehead atoms. The number of piperazine rings is 1. The van der Waals surface area contributed by atoms with Gasteiger partial charge in [0.1, 0.15) is 6.04 Å². The minimum atomic E-state index is -0.963. The average molecular weight is 456 g/mol. The zero-order valence-corrected chi connectivity index (χ0v) is 17.3. The molecule has 0 aliphatic carbocycles. The molecule has 1 aliphatic rings. The molecule has 2 aromatic rings. The topological polar surface area (TPSA) is 95.7 Å². The Morgan fingerprint density at radius 1 is 1.00 bits per heavy atom. The second-order valence-corrected chi connectivity index (χ2v) is 7.68. The number of anilines is 1. The molecule has 1 heterocycles. The first-order chi connectivity index (χ1) is 13.8. The number of nitrogens with one attached hydrogen (secondary N) is 1. The van der Waals surface area contributed by atoms with Crippen molar-refractivity contribution in [3.63, 3.8) is 0 Å². The van der Waals surface area contributed by atoms with Crippen LogP contribution in [-0.4, -0.2) is 53.3 Å². The molecule has 3 rings (SSSR count). The van der Waals surface area contributed by atoms with E-state index >= 15 is 0 Å². The van der Waals surface area contributed by atoms with Crippen LogP contribution in [0.1, 0.15) is 10.4 Å². The van der Waals surface area contributed by atoms with Gasteiger partial charge in [-0.05, 0) is 36.4 Å². The predicted molar refractivity (Wildman–Crippen MR) is 113 cm³/mol. The first-order valence-corrected chi connectivity index (χ1v) is 9.76. The van der Waals surface area contributed by atoms with E-state index in [0.29, 0.717) is 26.3 Å². The highest BCUT2D eigenvalue weighted by molar-refractivity contribution is 6.42. The summed E-state index contributed by atoms with van der Waals surface area (Å²) in [5, 5.41) is 3.77. The molecule has 1 atom stereocenters. The lowest BCUT2D eigenvalue weighted by Gasteiger charge is -2.39. The number of hydrogen-bond donors (Lipinski definition) is 2. The third-order valence-electron chi connectivity index (χ3n) is 4.50. The number of benzene rings is 2. The zero-order chi connectivity index (χ0) is 21.1. The van der Waals surface area contributed by atoms with Crippen molar-refractivity contribution in [2.75, 3.05) is 25.0 Å². The molecule has 7 nitrogen and oxygen atoms in total. The van der Waals surface area contributed by atoms with Crippen LogP contribution in [-0.2, 0) is 4.79 Å². The second kappa shape index (κ2) is 8.90. The van der Waals surface area contributed by atoms with Crippen LogP contribution in [0.4, 0.5) is 10.5 Å². The van der Waals surface area contributed by atoms with Crippen LogP contribution in [0.5, 0.6) is 0 Å². The third-order valence-corrected chi connectivity index (χ3v) is 5.47. The van der Waals surface area contributed by atoms with Crippen LogP contribution >= 0.6 is 34.8 Å². The van der Waals surface area contributed by atoms with E-state index in [2.05, 4.69) is 5.32 Å². The van der Waals surface area contributed by atoms with Crippen LogP contribution in [0, 0.1) is 0 Å². The molecule has 0 saturated carbocycles. The summed E-state index contributed by atoms with van der Waals surface area (Å²) in [5.41, 5.74) is 6.31. The maximum atomic E-state index is 12.8. The lowest BCUT2D eigenvalue weighted by Crippen LogP contribution is -2.61. The molecular weight excluding hydrogens is 439 g/mol. The highest BCUT2D eigenvalue weighted by Crippen LogP contribution is 2.25. The van der Waals surface area contributed by atoms with Gasteiger partial charge < -0.3 is 20.9 Å². The number of carbonyl (C=O) groups is 3. The van der Waals surface area contributed by atoms with Gasteiger partial charge in [-0.2, -0.15) is 0 Å². The van der Waals surface area contributed by atoms with Crippen LogP contribution in [0.15, 0.2) is 42.5 Å². The normalized spacial score (nSPS) is 16.4. The minimum Gasteiger partial charge on any atom is -0.368 e. The van der Waals surface area contributed by atoms with Crippen molar-refractivity contribution in [3.8, 4) is 0 Å². The molecule has 29 heavy (non-hydrogen) atoms. The first-order valence-electron chi connectivity index (χ1n) is 8.63. The molecule has 1 saturated heterocycles. The molecule has 152 valence electrons. The van der Waals surface area contributed by atoms with Gasteiger partial charge >= 0.3 is 6.03 Å². The zero-order valence-electron chi connectivity index (χ0n) is 15.1. The van der Waals surface area contributed by atoms with Crippen molar-refractivity contribution in [2.45, 2.75) is 6.04 Å². The first kappa shape index (κ1) is 21.2. The lowest BCUT2D eigenvalue weighted by molar-refractivity contribution is -0.123. The molecule has 1 aliphatic heterocycles. The maximum Gasteiger partial charge on any atom is 0.321 e. The molecule has 10 heteroatoms. The van der Waals surface area contributed by atoms with Crippen LogP contribution in [0.2, 0.25) is 15.1 Å². The fraction of sp³-hybridized carbons (Fsp3) is 0.211. The Hall–Kier alpha value is -2.48. The standard InChI is InChI=1S/C19H17Cl3N4O3/c20-12-3-1-2-11(8-12)18(28)26-7-6-25(10-16(26)17(23)27)19(29)24-13-4-5-14(21)15(22)9-13/h1-5,8-9,16H,6-7,10H2,(H2,23,27)(H,24,29)/t16-/m0/s1. The Morgan fingerprint density at radius 3 is 2.41 bits per heavy atom. The number of rotatable bonds is 3. The molecule has 2 aromatic carbocycles. The van der Waals surface area contributed by atoms with Gasteiger partial charge in [0.2, 0.25) is 5.91 Å². The molecule has 0 aromatic heterocycles. The lowest BCUT2D eigenvalue weighted by atomic mass is 10.1. The quantitative estimate of drug-likeness (QED) is 0.741. The number of primary amides is 1. The van der Waals surface area contributed by atoms with Crippen LogP contribution in [0.25, 0.3) is 0 Å². The van der Waals surface area contributed by atoms with Gasteiger partial charge in [-0.1, -0.05) is 40.9 Å². The highest BCUT2D eigenvalue weighted by Gasteiger charge is 2.36. The summed E-state index contributed by atoms with van der Waals surface area (Å²) in [6.45, 7) is 0.339. The Labute approximate surface area is 182 Å². The summed E-state index contributed by atoms with van der Waals surface area (Å²) in [6, 6.07) is 9.71. The molecule has 0 unspecified atom stereocenters. The van der Waals surface area contributed by atoms with Gasteiger partial charge in [-0.15, -0.1) is 0 Å². The maximum absolute atomic E-state index is 12.8. The Kier molecular flexibility index (Phi) is 6.52. The summed E-state index contributed by atoms with van der Waals surface area (Å²) < 4.78 is 0. The van der Waals surface area contributed by atoms with E-state index in [1.807, 2.05) is 0 Å². The van der Waals surface area contributed by atoms with E-state index in [-0.39, 0.29) is 25.5 Å². The number of carbonyl (C=O) groups excluding carboxylic acids is 3. The van der Waals surface area contributed by atoms with E-state index in [0.717, 1.165) is 0 Å². The predicted octanol–water partition coefficient (Wildman–Crippen LogP) is 3.49. The van der Waals surface area contributed by atoms with Crippen molar-refractivity contribution in [1.82, 2.24) is 9.80 Å². The van der Waals surface area contributed by atoms with Gasteiger partial charge in [0.05, 0.1) is 16.6 Å². The fourth-order valence-electron chi connectivity index (χ4n) is 3.02. The molecule has 4 amide bonds. The van der Waals surface area contributed by atoms with Crippen LogP contribution < -0.4 is 11.1 Å². The second-order valence-electron chi connectivity index (χ2n) is 6.43. The van der Waals surface area contributed by atoms with Crippen molar-refractivity contribution in [1.29, 1.82) is 0 Å². The smallest absolute Gasteiger partial charge is 0.321 e. The SMILES string of the molecule is NC(=O)[C@@H]1CN(C(=O)Nc2ccc(Cl)c(Cl)c2)CCN1C(=O)c1cccc(Cl)c1. The Balaban J connectivity index is 1.72. The van der Waals surface area contributed by atoms with Gasteiger partial charge in [-0.3, -0.25) is 9.59 Å². The molecule has 0 radical (unpaired) electrons. The van der Waals surface area contributed by atoms with Crippen molar-refractivity contribution in [3.05, 3.63) is 63.1 Å². The van der Waals surface area contributed by atoms with Gasteiger partial charge in [0.25, 0.3) is 5.91 Å². The van der Waals surface area contributed by atoms with E-state index in [1.54, 1.807) is 30.3 Å². The summed E-state index contributed by atoms with van der Waals surface area (Å²) >= 11 is 17.8. The summed E-state index contributed by atoms with van der Waals surface area (Å²) in [6.07, 6.45) is 0. The third kappa shape index (κ3) is 4.93. The van der Waals surface area contributed by atoms with E-state index in [4.69, 9.17) is 40.5 Å². The number of amides is 4. The van der Waals surface area contributed by atoms with Crippen LogP contribution in [0.3, 0.4) is 0 Å². The summed E-state index contributed by atoms with van der Waals surface area (Å²) in [5.74, 6) is -1.08. The van der Waals surface area contributed by atoms with Gasteiger partial charge in [0.15, 0.2) is 0 Å². The van der Waals surface area contributed by atoms with Gasteiger partial charge in [-0.25, -0.2) is 4.79 Å². The van der Waals surface area contributed by atoms with Crippen molar-refractivity contribution in [2.24, 2.45) is 5.73 Å². The number of hydrogen-bond acceptors (Lipinski definition) is 3. The molecule has 3 N–H and O–H groups in total. The number of urea groups is 1. The average Bonchev–Trinajstić information content (AvgIpc) is 2.69. The Bertz CT molecular complexity index is 969. The molecule has 0 spiro atoms. The summed E-state index contributed by atoms with van der Waals surface area (Å²) in [7, 11) is 0. The number of nitrogens with two attached hydrogens (primary N) is 1.